The molecule has 1 aromatic heterocycles. The SMILES string of the molecule is Cc1[nH]c(=O)n([C@H](C(=O)OCC(C)C)C(C)C)c(=O)c1Br. The fraction of sp³-hybridized carbons (Fsp3) is 0.643. The molecule has 0 radical (unpaired) electrons. The lowest BCUT2D eigenvalue weighted by molar-refractivity contribution is -0.150. The zero-order valence-corrected chi connectivity index (χ0v) is 14.5. The van der Waals surface area contributed by atoms with Crippen LogP contribution in [0.5, 0.6) is 0 Å². The smallest absolute Gasteiger partial charge is 0.329 e. The Hall–Kier alpha value is -1.37. The van der Waals surface area contributed by atoms with E-state index in [0.29, 0.717) is 5.69 Å². The van der Waals surface area contributed by atoms with Gasteiger partial charge in [-0.05, 0) is 34.7 Å². The molecule has 0 unspecified atom stereocenters. The van der Waals surface area contributed by atoms with Gasteiger partial charge in [0.25, 0.3) is 5.56 Å². The van der Waals surface area contributed by atoms with E-state index in [1.807, 2.05) is 13.8 Å². The fourth-order valence-corrected chi connectivity index (χ4v) is 2.19. The van der Waals surface area contributed by atoms with E-state index in [4.69, 9.17) is 4.74 Å². The third kappa shape index (κ3) is 4.06. The second-order valence-corrected chi connectivity index (χ2v) is 6.55. The van der Waals surface area contributed by atoms with Crippen molar-refractivity contribution in [2.24, 2.45) is 11.8 Å². The van der Waals surface area contributed by atoms with E-state index in [1.54, 1.807) is 20.8 Å². The summed E-state index contributed by atoms with van der Waals surface area (Å²) in [5.74, 6) is -0.637. The van der Waals surface area contributed by atoms with Crippen molar-refractivity contribution in [3.8, 4) is 0 Å². The van der Waals surface area contributed by atoms with Crippen molar-refractivity contribution >= 4 is 21.9 Å². The molecule has 0 aliphatic carbocycles. The number of hydrogen-bond acceptors (Lipinski definition) is 4. The number of nitrogens with zero attached hydrogens (tertiary/aromatic N) is 1. The zero-order chi connectivity index (χ0) is 16.3. The molecule has 0 fully saturated rings. The number of ether oxygens (including phenoxy) is 1. The van der Waals surface area contributed by atoms with Crippen LogP contribution in [0.4, 0.5) is 0 Å². The number of H-pyrrole nitrogens is 1. The molecule has 7 heteroatoms. The summed E-state index contributed by atoms with van der Waals surface area (Å²) in [5.41, 5.74) is -0.711. The van der Waals surface area contributed by atoms with Crippen LogP contribution in [0.2, 0.25) is 0 Å². The summed E-state index contributed by atoms with van der Waals surface area (Å²) in [4.78, 5) is 39.2. The predicted octanol–water partition coefficient (Wildman–Crippen LogP) is 2.00. The summed E-state index contributed by atoms with van der Waals surface area (Å²) in [5, 5.41) is 0. The minimum Gasteiger partial charge on any atom is -0.464 e. The van der Waals surface area contributed by atoms with E-state index in [1.165, 1.54) is 0 Å². The summed E-state index contributed by atoms with van der Waals surface area (Å²) in [6.45, 7) is 9.22. The molecule has 0 amide bonds. The molecule has 0 saturated heterocycles. The van der Waals surface area contributed by atoms with Gasteiger partial charge in [-0.2, -0.15) is 0 Å². The van der Waals surface area contributed by atoms with Crippen LogP contribution >= 0.6 is 15.9 Å². The van der Waals surface area contributed by atoms with Crippen molar-refractivity contribution in [2.45, 2.75) is 40.7 Å². The van der Waals surface area contributed by atoms with Gasteiger partial charge in [-0.15, -0.1) is 0 Å². The molecule has 0 aromatic carbocycles. The van der Waals surface area contributed by atoms with E-state index in [2.05, 4.69) is 20.9 Å². The number of hydrogen-bond donors (Lipinski definition) is 1. The lowest BCUT2D eigenvalue weighted by atomic mass is 10.0. The maximum Gasteiger partial charge on any atom is 0.329 e. The van der Waals surface area contributed by atoms with Crippen LogP contribution in [0.15, 0.2) is 14.1 Å². The van der Waals surface area contributed by atoms with Gasteiger partial charge in [-0.3, -0.25) is 4.79 Å². The Morgan fingerprint density at radius 3 is 2.33 bits per heavy atom. The van der Waals surface area contributed by atoms with Gasteiger partial charge in [0.15, 0.2) is 0 Å². The Kier molecular flexibility index (Phi) is 5.95. The van der Waals surface area contributed by atoms with E-state index in [0.717, 1.165) is 4.57 Å². The van der Waals surface area contributed by atoms with Crippen molar-refractivity contribution in [1.82, 2.24) is 9.55 Å². The lowest BCUT2D eigenvalue weighted by Crippen LogP contribution is -2.44. The Morgan fingerprint density at radius 2 is 1.86 bits per heavy atom. The molecule has 1 atom stereocenters. The lowest BCUT2D eigenvalue weighted by Gasteiger charge is -2.22. The molecule has 0 aliphatic rings. The monoisotopic (exact) mass is 360 g/mol. The van der Waals surface area contributed by atoms with Crippen LogP contribution in [-0.2, 0) is 9.53 Å². The maximum atomic E-state index is 12.3. The van der Waals surface area contributed by atoms with Gasteiger partial charge in [0.1, 0.15) is 10.5 Å². The molecule has 1 N–H and O–H groups in total. The number of esters is 1. The third-order valence-corrected chi connectivity index (χ3v) is 3.89. The maximum absolute atomic E-state index is 12.3. The summed E-state index contributed by atoms with van der Waals surface area (Å²) in [6, 6.07) is -0.947. The second kappa shape index (κ2) is 7.06. The second-order valence-electron chi connectivity index (χ2n) is 5.76. The molecule has 21 heavy (non-hydrogen) atoms. The molecule has 118 valence electrons. The van der Waals surface area contributed by atoms with Crippen molar-refractivity contribution in [1.29, 1.82) is 0 Å². The first-order valence-electron chi connectivity index (χ1n) is 6.84. The molecule has 1 heterocycles. The number of rotatable bonds is 5. The average Bonchev–Trinajstić information content (AvgIpc) is 2.37. The van der Waals surface area contributed by atoms with Crippen molar-refractivity contribution in [3.05, 3.63) is 31.0 Å². The summed E-state index contributed by atoms with van der Waals surface area (Å²) in [6.07, 6.45) is 0. The van der Waals surface area contributed by atoms with Crippen molar-refractivity contribution in [3.63, 3.8) is 0 Å². The molecule has 6 nitrogen and oxygen atoms in total. The Bertz CT molecular complexity index is 631. The minimum absolute atomic E-state index is 0.182. The van der Waals surface area contributed by atoms with E-state index >= 15 is 0 Å². The van der Waals surface area contributed by atoms with Crippen molar-refractivity contribution < 1.29 is 9.53 Å². The average molecular weight is 361 g/mol. The molecular weight excluding hydrogens is 340 g/mol. The number of carbonyl (C=O) groups is 1. The molecule has 1 rings (SSSR count). The number of aromatic nitrogens is 2. The molecule has 0 spiro atoms. The number of aryl methyl sites for hydroxylation is 1. The van der Waals surface area contributed by atoms with Crippen LogP contribution in [-0.4, -0.2) is 22.1 Å². The van der Waals surface area contributed by atoms with Gasteiger partial charge in [0.05, 0.1) is 6.61 Å². The predicted molar refractivity (Wildman–Crippen MR) is 83.4 cm³/mol. The van der Waals surface area contributed by atoms with Gasteiger partial charge in [-0.25, -0.2) is 14.2 Å². The summed E-state index contributed by atoms with van der Waals surface area (Å²) < 4.78 is 6.36. The van der Waals surface area contributed by atoms with Gasteiger partial charge < -0.3 is 9.72 Å². The van der Waals surface area contributed by atoms with E-state index in [9.17, 15) is 14.4 Å². The number of carbonyl (C=O) groups excluding carboxylic acids is 1. The molecule has 1 aromatic rings. The Morgan fingerprint density at radius 1 is 1.29 bits per heavy atom. The first-order valence-corrected chi connectivity index (χ1v) is 7.63. The number of aromatic amines is 1. The standard InChI is InChI=1S/C14H21BrN2O4/c1-7(2)6-21-13(19)11(8(3)4)17-12(18)10(15)9(5)16-14(17)20/h7-8,11H,6H2,1-5H3,(H,16,20)/t11-/m0/s1. The number of halogens is 1. The quantitative estimate of drug-likeness (QED) is 0.814. The van der Waals surface area contributed by atoms with Gasteiger partial charge >= 0.3 is 11.7 Å². The van der Waals surface area contributed by atoms with E-state index < -0.39 is 23.3 Å². The van der Waals surface area contributed by atoms with Crippen LogP contribution in [0.1, 0.15) is 39.4 Å². The Balaban J connectivity index is 3.31. The fourth-order valence-electron chi connectivity index (χ4n) is 1.90. The first kappa shape index (κ1) is 17.7. The van der Waals surface area contributed by atoms with Gasteiger partial charge in [0, 0.05) is 5.69 Å². The summed E-state index contributed by atoms with van der Waals surface area (Å²) >= 11 is 3.14. The van der Waals surface area contributed by atoms with Crippen molar-refractivity contribution in [2.75, 3.05) is 6.61 Å². The van der Waals surface area contributed by atoms with Gasteiger partial charge in [0.2, 0.25) is 0 Å². The molecule has 0 saturated carbocycles. The minimum atomic E-state index is -0.947. The summed E-state index contributed by atoms with van der Waals surface area (Å²) in [7, 11) is 0. The normalized spacial score (nSPS) is 12.8. The zero-order valence-electron chi connectivity index (χ0n) is 12.9. The third-order valence-electron chi connectivity index (χ3n) is 2.96. The first-order chi connectivity index (χ1) is 9.66. The molecule has 0 bridgehead atoms. The van der Waals surface area contributed by atoms with E-state index in [-0.39, 0.29) is 22.9 Å². The van der Waals surface area contributed by atoms with Crippen LogP contribution in [0.3, 0.4) is 0 Å². The number of nitrogens with one attached hydrogen (secondary N) is 1. The highest BCUT2D eigenvalue weighted by Gasteiger charge is 2.29. The van der Waals surface area contributed by atoms with Crippen LogP contribution < -0.4 is 11.2 Å². The highest BCUT2D eigenvalue weighted by Crippen LogP contribution is 2.18. The van der Waals surface area contributed by atoms with Crippen LogP contribution in [0, 0.1) is 18.8 Å². The highest BCUT2D eigenvalue weighted by molar-refractivity contribution is 9.10. The van der Waals surface area contributed by atoms with Gasteiger partial charge in [-0.1, -0.05) is 27.7 Å². The molecule has 0 aliphatic heterocycles. The molecular formula is C14H21BrN2O4. The highest BCUT2D eigenvalue weighted by atomic mass is 79.9. The Labute approximate surface area is 131 Å². The van der Waals surface area contributed by atoms with Crippen LogP contribution in [0.25, 0.3) is 0 Å². The topological polar surface area (TPSA) is 81.2 Å². The largest absolute Gasteiger partial charge is 0.464 e.